The lowest BCUT2D eigenvalue weighted by Crippen LogP contribution is -2.24. The second-order valence-corrected chi connectivity index (χ2v) is 4.23. The summed E-state index contributed by atoms with van der Waals surface area (Å²) in [5.74, 6) is -1.47. The van der Waals surface area contributed by atoms with Crippen LogP contribution in [0.3, 0.4) is 0 Å². The van der Waals surface area contributed by atoms with Gasteiger partial charge < -0.3 is 15.0 Å². The van der Waals surface area contributed by atoms with Crippen LogP contribution in [0.25, 0.3) is 10.9 Å². The van der Waals surface area contributed by atoms with Crippen LogP contribution in [-0.4, -0.2) is 33.9 Å². The van der Waals surface area contributed by atoms with E-state index in [1.54, 1.807) is 7.05 Å². The van der Waals surface area contributed by atoms with Crippen LogP contribution in [-0.2, 0) is 16.1 Å². The smallest absolute Gasteiger partial charge is 0.328 e. The zero-order chi connectivity index (χ0) is 13.8. The van der Waals surface area contributed by atoms with E-state index < -0.39 is 5.97 Å². The molecule has 19 heavy (non-hydrogen) atoms. The molecule has 0 saturated carbocycles. The monoisotopic (exact) mass is 258 g/mol. The lowest BCUT2D eigenvalue weighted by atomic mass is 10.1. The highest BCUT2D eigenvalue weighted by Crippen LogP contribution is 2.18. The van der Waals surface area contributed by atoms with Crippen molar-refractivity contribution in [1.29, 1.82) is 0 Å². The maximum atomic E-state index is 11.7. The Balaban J connectivity index is 2.12. The molecule has 2 N–H and O–H groups in total. The number of nitrogens with one attached hydrogen (secondary N) is 1. The molecular formula is C14H14N2O3. The molecule has 1 aromatic carbocycles. The first-order valence-electron chi connectivity index (χ1n) is 5.79. The number of nitrogens with zero attached hydrogens (tertiary/aromatic N) is 1. The summed E-state index contributed by atoms with van der Waals surface area (Å²) in [4.78, 5) is 26.6. The van der Waals surface area contributed by atoms with Crippen LogP contribution in [0.2, 0.25) is 0 Å². The van der Waals surface area contributed by atoms with Crippen molar-refractivity contribution in [3.05, 3.63) is 48.2 Å². The van der Waals surface area contributed by atoms with Gasteiger partial charge in [0.25, 0.3) is 0 Å². The number of hydrogen-bond donors (Lipinski definition) is 2. The Morgan fingerprint density at radius 1 is 1.32 bits per heavy atom. The quantitative estimate of drug-likeness (QED) is 0.821. The molecule has 5 heteroatoms. The molecule has 2 rings (SSSR count). The molecule has 0 spiro atoms. The van der Waals surface area contributed by atoms with Crippen LogP contribution in [0.4, 0.5) is 0 Å². The molecule has 0 atom stereocenters. The van der Waals surface area contributed by atoms with Gasteiger partial charge in [0.2, 0.25) is 5.91 Å². The van der Waals surface area contributed by atoms with Gasteiger partial charge in [-0.3, -0.25) is 4.79 Å². The van der Waals surface area contributed by atoms with Crippen LogP contribution in [0.15, 0.2) is 42.6 Å². The number of benzene rings is 1. The Hall–Kier alpha value is -2.56. The molecule has 0 unspecified atom stereocenters. The number of para-hydroxylation sites is 1. The van der Waals surface area contributed by atoms with E-state index in [0.717, 1.165) is 28.6 Å². The predicted molar refractivity (Wildman–Crippen MR) is 71.5 cm³/mol. The second-order valence-electron chi connectivity index (χ2n) is 4.23. The highest BCUT2D eigenvalue weighted by Gasteiger charge is 2.09. The van der Waals surface area contributed by atoms with E-state index in [-0.39, 0.29) is 5.91 Å². The van der Waals surface area contributed by atoms with Crippen molar-refractivity contribution in [1.82, 2.24) is 9.88 Å². The zero-order valence-electron chi connectivity index (χ0n) is 10.5. The Bertz CT molecular complexity index is 643. The van der Waals surface area contributed by atoms with Gasteiger partial charge in [0, 0.05) is 42.8 Å². The van der Waals surface area contributed by atoms with Gasteiger partial charge in [-0.2, -0.15) is 0 Å². The molecule has 5 nitrogen and oxygen atoms in total. The van der Waals surface area contributed by atoms with Crippen LogP contribution in [0, 0.1) is 0 Å². The third-order valence-corrected chi connectivity index (χ3v) is 2.83. The van der Waals surface area contributed by atoms with Crippen molar-refractivity contribution in [2.45, 2.75) is 6.54 Å². The number of likely N-dealkylation sites (N-methyl/N-ethyl adjacent to an activating group) is 1. The minimum absolute atomic E-state index is 0.340. The van der Waals surface area contributed by atoms with E-state index in [0.29, 0.717) is 6.54 Å². The van der Waals surface area contributed by atoms with Crippen molar-refractivity contribution >= 4 is 22.8 Å². The highest BCUT2D eigenvalue weighted by atomic mass is 16.4. The average Bonchev–Trinajstić information content (AvgIpc) is 2.79. The molecular weight excluding hydrogens is 244 g/mol. The largest absolute Gasteiger partial charge is 0.478 e. The maximum Gasteiger partial charge on any atom is 0.328 e. The number of aliphatic carboxylic acids is 1. The minimum atomic E-state index is -1.13. The average molecular weight is 258 g/mol. The van der Waals surface area contributed by atoms with Crippen LogP contribution in [0.1, 0.15) is 5.56 Å². The number of aromatic nitrogens is 1. The van der Waals surface area contributed by atoms with E-state index in [4.69, 9.17) is 5.11 Å². The number of carbonyl (C=O) groups excluding carboxylic acids is 1. The van der Waals surface area contributed by atoms with Gasteiger partial charge in [0.05, 0.1) is 0 Å². The number of hydrogen-bond acceptors (Lipinski definition) is 2. The number of fused-ring (bicyclic) bond motifs is 1. The fourth-order valence-corrected chi connectivity index (χ4v) is 1.87. The summed E-state index contributed by atoms with van der Waals surface area (Å²) in [6.07, 6.45) is 3.75. The SMILES string of the molecule is CN(Cc1c[nH]c2ccccc12)C(=O)/C=C/C(=O)O. The van der Waals surface area contributed by atoms with Gasteiger partial charge in [-0.1, -0.05) is 18.2 Å². The van der Waals surface area contributed by atoms with Crippen molar-refractivity contribution in [2.75, 3.05) is 7.05 Å². The topological polar surface area (TPSA) is 73.4 Å². The second kappa shape index (κ2) is 5.39. The molecule has 0 fully saturated rings. The number of carboxylic acid groups (broad SMARTS) is 1. The van der Waals surface area contributed by atoms with Crippen molar-refractivity contribution < 1.29 is 14.7 Å². The lowest BCUT2D eigenvalue weighted by Gasteiger charge is -2.14. The number of amides is 1. The summed E-state index contributed by atoms with van der Waals surface area (Å²) in [5, 5.41) is 9.54. The predicted octanol–water partition coefficient (Wildman–Crippen LogP) is 1.77. The van der Waals surface area contributed by atoms with Crippen molar-refractivity contribution in [3.8, 4) is 0 Å². The van der Waals surface area contributed by atoms with E-state index in [1.807, 2.05) is 30.5 Å². The van der Waals surface area contributed by atoms with Gasteiger partial charge in [0.1, 0.15) is 0 Å². The number of carbonyl (C=O) groups is 2. The molecule has 98 valence electrons. The summed E-state index contributed by atoms with van der Waals surface area (Å²) in [5.41, 5.74) is 2.01. The molecule has 1 heterocycles. The van der Waals surface area contributed by atoms with Gasteiger partial charge in [-0.05, 0) is 11.6 Å². The molecule has 0 aliphatic carbocycles. The lowest BCUT2D eigenvalue weighted by molar-refractivity contribution is -0.132. The molecule has 1 aromatic heterocycles. The molecule has 0 saturated heterocycles. The van der Waals surface area contributed by atoms with Gasteiger partial charge in [-0.15, -0.1) is 0 Å². The summed E-state index contributed by atoms with van der Waals surface area (Å²) >= 11 is 0. The van der Waals surface area contributed by atoms with Gasteiger partial charge in [-0.25, -0.2) is 4.79 Å². The Labute approximate surface area is 110 Å². The zero-order valence-corrected chi connectivity index (χ0v) is 10.5. The summed E-state index contributed by atoms with van der Waals surface area (Å²) in [7, 11) is 1.64. The van der Waals surface area contributed by atoms with Gasteiger partial charge >= 0.3 is 5.97 Å². The first-order chi connectivity index (χ1) is 9.08. The van der Waals surface area contributed by atoms with E-state index in [2.05, 4.69) is 4.98 Å². The fourth-order valence-electron chi connectivity index (χ4n) is 1.87. The molecule has 0 aliphatic rings. The third kappa shape index (κ3) is 3.01. The first-order valence-corrected chi connectivity index (χ1v) is 5.79. The normalized spacial score (nSPS) is 11.0. The molecule has 2 aromatic rings. The Morgan fingerprint density at radius 3 is 2.79 bits per heavy atom. The molecule has 0 radical (unpaired) electrons. The maximum absolute atomic E-state index is 11.7. The van der Waals surface area contributed by atoms with Crippen LogP contribution >= 0.6 is 0 Å². The number of carboxylic acids is 1. The minimum Gasteiger partial charge on any atom is -0.478 e. The first kappa shape index (κ1) is 12.9. The standard InChI is InChI=1S/C14H14N2O3/c1-16(13(17)6-7-14(18)19)9-10-8-15-12-5-3-2-4-11(10)12/h2-8,15H,9H2,1H3,(H,18,19)/b7-6+. The van der Waals surface area contributed by atoms with E-state index >= 15 is 0 Å². The number of rotatable bonds is 4. The van der Waals surface area contributed by atoms with Crippen LogP contribution in [0.5, 0.6) is 0 Å². The summed E-state index contributed by atoms with van der Waals surface area (Å²) in [6.45, 7) is 0.423. The van der Waals surface area contributed by atoms with E-state index in [1.165, 1.54) is 4.90 Å². The van der Waals surface area contributed by atoms with Gasteiger partial charge in [0.15, 0.2) is 0 Å². The Kier molecular flexibility index (Phi) is 3.66. The van der Waals surface area contributed by atoms with Crippen LogP contribution < -0.4 is 0 Å². The Morgan fingerprint density at radius 2 is 2.05 bits per heavy atom. The van der Waals surface area contributed by atoms with E-state index in [9.17, 15) is 9.59 Å². The highest BCUT2D eigenvalue weighted by molar-refractivity contribution is 5.94. The summed E-state index contributed by atoms with van der Waals surface area (Å²) < 4.78 is 0. The number of aromatic amines is 1. The number of H-pyrrole nitrogens is 1. The third-order valence-electron chi connectivity index (χ3n) is 2.83. The van der Waals surface area contributed by atoms with Crippen molar-refractivity contribution in [3.63, 3.8) is 0 Å². The molecule has 1 amide bonds. The summed E-state index contributed by atoms with van der Waals surface area (Å²) in [6, 6.07) is 7.82. The molecule has 0 aliphatic heterocycles. The fraction of sp³-hybridized carbons (Fsp3) is 0.143. The molecule has 0 bridgehead atoms. The van der Waals surface area contributed by atoms with Crippen molar-refractivity contribution in [2.24, 2.45) is 0 Å².